The summed E-state index contributed by atoms with van der Waals surface area (Å²) in [6.45, 7) is 2.16. The standard InChI is InChI=1S/C22H26FN3O3/c1-24-22(26-13-11-17(12-14-26)21(27)28-2)25-15-16-3-7-19(8-4-16)29-20-9-5-18(23)6-10-20/h3-10,17H,11-15H2,1-2H3,(H,24,25). The Bertz CT molecular complexity index is 829. The number of carbonyl (C=O) groups excluding carboxylic acids is 1. The first-order chi connectivity index (χ1) is 14.1. The van der Waals surface area contributed by atoms with Gasteiger partial charge in [-0.1, -0.05) is 12.1 Å². The van der Waals surface area contributed by atoms with Gasteiger partial charge in [-0.25, -0.2) is 4.39 Å². The summed E-state index contributed by atoms with van der Waals surface area (Å²) in [5.41, 5.74) is 1.09. The maximum absolute atomic E-state index is 13.0. The number of piperidine rings is 1. The highest BCUT2D eigenvalue weighted by Crippen LogP contribution is 2.22. The molecule has 7 heteroatoms. The van der Waals surface area contributed by atoms with Crippen LogP contribution < -0.4 is 10.1 Å². The van der Waals surface area contributed by atoms with Crippen LogP contribution in [0.15, 0.2) is 53.5 Å². The molecule has 1 saturated heterocycles. The molecule has 6 nitrogen and oxygen atoms in total. The fraction of sp³-hybridized carbons (Fsp3) is 0.364. The van der Waals surface area contributed by atoms with E-state index in [1.807, 2.05) is 24.3 Å². The second-order valence-corrected chi connectivity index (χ2v) is 6.89. The van der Waals surface area contributed by atoms with Gasteiger partial charge in [0.15, 0.2) is 5.96 Å². The number of benzene rings is 2. The number of aliphatic imine (C=N–C) groups is 1. The highest BCUT2D eigenvalue weighted by molar-refractivity contribution is 5.80. The quantitative estimate of drug-likeness (QED) is 0.473. The topological polar surface area (TPSA) is 63.2 Å². The van der Waals surface area contributed by atoms with E-state index < -0.39 is 0 Å². The molecule has 1 aliphatic rings. The lowest BCUT2D eigenvalue weighted by Crippen LogP contribution is -2.46. The van der Waals surface area contributed by atoms with Crippen LogP contribution in [0.25, 0.3) is 0 Å². The Kier molecular flexibility index (Phi) is 7.05. The molecule has 1 N–H and O–H groups in total. The zero-order valence-corrected chi connectivity index (χ0v) is 16.7. The molecule has 0 radical (unpaired) electrons. The van der Waals surface area contributed by atoms with Gasteiger partial charge in [-0.2, -0.15) is 0 Å². The molecule has 1 heterocycles. The normalized spacial score (nSPS) is 15.1. The number of rotatable bonds is 5. The van der Waals surface area contributed by atoms with Gasteiger partial charge in [-0.3, -0.25) is 9.79 Å². The van der Waals surface area contributed by atoms with Crippen LogP contribution in [-0.4, -0.2) is 44.1 Å². The first-order valence-electron chi connectivity index (χ1n) is 9.65. The molecule has 2 aromatic rings. The van der Waals surface area contributed by atoms with Crippen molar-refractivity contribution in [3.05, 3.63) is 59.9 Å². The molecule has 0 atom stereocenters. The van der Waals surface area contributed by atoms with E-state index in [0.717, 1.165) is 37.5 Å². The summed E-state index contributed by atoms with van der Waals surface area (Å²) in [6.07, 6.45) is 1.53. The molecule has 0 spiro atoms. The number of carbonyl (C=O) groups is 1. The van der Waals surface area contributed by atoms with E-state index in [1.54, 1.807) is 19.2 Å². The predicted octanol–water partition coefficient (Wildman–Crippen LogP) is 3.58. The van der Waals surface area contributed by atoms with Crippen LogP contribution in [0.5, 0.6) is 11.5 Å². The fourth-order valence-corrected chi connectivity index (χ4v) is 3.32. The van der Waals surface area contributed by atoms with Gasteiger partial charge < -0.3 is 19.7 Å². The number of hydrogen-bond donors (Lipinski definition) is 1. The average Bonchev–Trinajstić information content (AvgIpc) is 2.77. The number of guanidine groups is 1. The van der Waals surface area contributed by atoms with Crippen molar-refractivity contribution in [2.45, 2.75) is 19.4 Å². The third kappa shape index (κ3) is 5.70. The molecule has 1 fully saturated rings. The predicted molar refractivity (Wildman–Crippen MR) is 109 cm³/mol. The van der Waals surface area contributed by atoms with Gasteiger partial charge >= 0.3 is 5.97 Å². The summed E-state index contributed by atoms with van der Waals surface area (Å²) in [5, 5.41) is 3.37. The minimum absolute atomic E-state index is 0.0250. The Morgan fingerprint density at radius 2 is 1.69 bits per heavy atom. The third-order valence-electron chi connectivity index (χ3n) is 4.96. The van der Waals surface area contributed by atoms with Gasteiger partial charge in [0.25, 0.3) is 0 Å². The second kappa shape index (κ2) is 9.91. The van der Waals surface area contributed by atoms with Gasteiger partial charge in [0.05, 0.1) is 13.0 Å². The molecule has 2 aromatic carbocycles. The molecule has 0 unspecified atom stereocenters. The van der Waals surface area contributed by atoms with Crippen molar-refractivity contribution < 1.29 is 18.7 Å². The van der Waals surface area contributed by atoms with E-state index in [-0.39, 0.29) is 17.7 Å². The van der Waals surface area contributed by atoms with Gasteiger partial charge in [0.1, 0.15) is 17.3 Å². The van der Waals surface area contributed by atoms with Crippen LogP contribution in [0.2, 0.25) is 0 Å². The van der Waals surface area contributed by atoms with Crippen molar-refractivity contribution in [3.8, 4) is 11.5 Å². The van der Waals surface area contributed by atoms with E-state index in [1.165, 1.54) is 19.2 Å². The highest BCUT2D eigenvalue weighted by Gasteiger charge is 2.26. The summed E-state index contributed by atoms with van der Waals surface area (Å²) < 4.78 is 23.5. The van der Waals surface area contributed by atoms with Crippen molar-refractivity contribution in [2.75, 3.05) is 27.2 Å². The van der Waals surface area contributed by atoms with Crippen molar-refractivity contribution >= 4 is 11.9 Å². The lowest BCUT2D eigenvalue weighted by atomic mass is 9.97. The molecule has 3 rings (SSSR count). The monoisotopic (exact) mass is 399 g/mol. The van der Waals surface area contributed by atoms with Gasteiger partial charge in [-0.15, -0.1) is 0 Å². The molecular formula is C22H26FN3O3. The number of nitrogens with one attached hydrogen (secondary N) is 1. The molecule has 0 aliphatic carbocycles. The van der Waals surface area contributed by atoms with Gasteiger partial charge in [0, 0.05) is 26.7 Å². The van der Waals surface area contributed by atoms with Crippen LogP contribution in [0.4, 0.5) is 4.39 Å². The highest BCUT2D eigenvalue weighted by atomic mass is 19.1. The Labute approximate surface area is 170 Å². The maximum Gasteiger partial charge on any atom is 0.308 e. The maximum atomic E-state index is 13.0. The van der Waals surface area contributed by atoms with E-state index in [9.17, 15) is 9.18 Å². The second-order valence-electron chi connectivity index (χ2n) is 6.89. The molecule has 154 valence electrons. The molecular weight excluding hydrogens is 373 g/mol. The van der Waals surface area contributed by atoms with E-state index in [2.05, 4.69) is 15.2 Å². The molecule has 0 amide bonds. The van der Waals surface area contributed by atoms with Crippen LogP contribution in [-0.2, 0) is 16.1 Å². The van der Waals surface area contributed by atoms with E-state index in [4.69, 9.17) is 9.47 Å². The molecule has 29 heavy (non-hydrogen) atoms. The summed E-state index contributed by atoms with van der Waals surface area (Å²) in [7, 11) is 3.19. The van der Waals surface area contributed by atoms with Crippen molar-refractivity contribution in [3.63, 3.8) is 0 Å². The molecule has 0 saturated carbocycles. The van der Waals surface area contributed by atoms with Crippen molar-refractivity contribution in [2.24, 2.45) is 10.9 Å². The van der Waals surface area contributed by atoms with Gasteiger partial charge in [-0.05, 0) is 54.8 Å². The largest absolute Gasteiger partial charge is 0.469 e. The zero-order chi connectivity index (χ0) is 20.6. The summed E-state index contributed by atoms with van der Waals surface area (Å²) >= 11 is 0. The lowest BCUT2D eigenvalue weighted by molar-refractivity contribution is -0.146. The Hall–Kier alpha value is -3.09. The van der Waals surface area contributed by atoms with Crippen molar-refractivity contribution in [1.82, 2.24) is 10.2 Å². The Balaban J connectivity index is 1.50. The summed E-state index contributed by atoms with van der Waals surface area (Å²) in [4.78, 5) is 18.2. The number of halogens is 1. The number of hydrogen-bond acceptors (Lipinski definition) is 4. The van der Waals surface area contributed by atoms with Crippen LogP contribution in [0, 0.1) is 11.7 Å². The zero-order valence-electron chi connectivity index (χ0n) is 16.7. The van der Waals surface area contributed by atoms with Crippen LogP contribution in [0.1, 0.15) is 18.4 Å². The Morgan fingerprint density at radius 3 is 2.24 bits per heavy atom. The number of methoxy groups -OCH3 is 1. The number of esters is 1. The minimum atomic E-state index is -0.290. The lowest BCUT2D eigenvalue weighted by Gasteiger charge is -2.33. The first kappa shape index (κ1) is 20.6. The van der Waals surface area contributed by atoms with Crippen molar-refractivity contribution in [1.29, 1.82) is 0 Å². The minimum Gasteiger partial charge on any atom is -0.469 e. The third-order valence-corrected chi connectivity index (χ3v) is 4.96. The van der Waals surface area contributed by atoms with Crippen LogP contribution >= 0.6 is 0 Å². The SMILES string of the molecule is CN=C(NCc1ccc(Oc2ccc(F)cc2)cc1)N1CCC(C(=O)OC)CC1. The molecule has 0 bridgehead atoms. The number of ether oxygens (including phenoxy) is 2. The Morgan fingerprint density at radius 1 is 1.10 bits per heavy atom. The molecule has 1 aliphatic heterocycles. The average molecular weight is 399 g/mol. The van der Waals surface area contributed by atoms with Gasteiger partial charge in [0.2, 0.25) is 0 Å². The first-order valence-corrected chi connectivity index (χ1v) is 9.65. The summed E-state index contributed by atoms with van der Waals surface area (Å²) in [6, 6.07) is 13.6. The number of likely N-dealkylation sites (tertiary alicyclic amines) is 1. The van der Waals surface area contributed by atoms with E-state index >= 15 is 0 Å². The van der Waals surface area contributed by atoms with E-state index in [0.29, 0.717) is 18.0 Å². The fourth-order valence-electron chi connectivity index (χ4n) is 3.32. The smallest absolute Gasteiger partial charge is 0.308 e. The van der Waals surface area contributed by atoms with Crippen LogP contribution in [0.3, 0.4) is 0 Å². The number of nitrogens with zero attached hydrogens (tertiary/aromatic N) is 2. The summed E-state index contributed by atoms with van der Waals surface area (Å²) in [5.74, 6) is 1.66. The molecule has 0 aromatic heterocycles.